The van der Waals surface area contributed by atoms with Gasteiger partial charge in [0, 0.05) is 18.5 Å². The summed E-state index contributed by atoms with van der Waals surface area (Å²) in [5.74, 6) is 0.121. The number of fused-ring (bicyclic) bond motifs is 1. The standard InChI is InChI=1S/C13H14N4O/c14-12(18)10-5-8-3-1-2-4-11(8)17-13(10)16-9-6-15-7-9/h1-5,9,15H,6-7H2,(H2,14,18)(H,16,17). The van der Waals surface area contributed by atoms with Crippen molar-refractivity contribution in [3.05, 3.63) is 35.9 Å². The summed E-state index contributed by atoms with van der Waals surface area (Å²) in [7, 11) is 0. The molecular formula is C13H14N4O. The number of carbonyl (C=O) groups excluding carboxylic acids is 1. The molecule has 0 saturated carbocycles. The van der Waals surface area contributed by atoms with E-state index in [4.69, 9.17) is 5.73 Å². The molecule has 4 N–H and O–H groups in total. The molecule has 5 heteroatoms. The second-order valence-corrected chi connectivity index (χ2v) is 4.44. The topological polar surface area (TPSA) is 80.0 Å². The summed E-state index contributed by atoms with van der Waals surface area (Å²) in [5, 5.41) is 7.33. The number of aromatic nitrogens is 1. The third-order valence-corrected chi connectivity index (χ3v) is 3.11. The molecule has 92 valence electrons. The van der Waals surface area contributed by atoms with Crippen LogP contribution in [0.3, 0.4) is 0 Å². The van der Waals surface area contributed by atoms with E-state index in [1.807, 2.05) is 24.3 Å². The first-order chi connectivity index (χ1) is 8.74. The van der Waals surface area contributed by atoms with Crippen LogP contribution >= 0.6 is 0 Å². The van der Waals surface area contributed by atoms with Crippen LogP contribution < -0.4 is 16.4 Å². The van der Waals surface area contributed by atoms with Crippen LogP contribution in [-0.2, 0) is 0 Å². The number of nitrogens with one attached hydrogen (secondary N) is 2. The quantitative estimate of drug-likeness (QED) is 0.740. The molecule has 18 heavy (non-hydrogen) atoms. The fourth-order valence-electron chi connectivity index (χ4n) is 2.00. The first-order valence-electron chi connectivity index (χ1n) is 5.91. The zero-order valence-corrected chi connectivity index (χ0v) is 9.81. The number of hydrogen-bond acceptors (Lipinski definition) is 4. The van der Waals surface area contributed by atoms with E-state index in [-0.39, 0.29) is 0 Å². The van der Waals surface area contributed by atoms with Crippen molar-refractivity contribution in [2.75, 3.05) is 18.4 Å². The van der Waals surface area contributed by atoms with E-state index >= 15 is 0 Å². The van der Waals surface area contributed by atoms with Crippen molar-refractivity contribution in [2.45, 2.75) is 6.04 Å². The number of nitrogens with zero attached hydrogens (tertiary/aromatic N) is 1. The minimum absolute atomic E-state index is 0.316. The van der Waals surface area contributed by atoms with E-state index in [1.54, 1.807) is 6.07 Å². The molecule has 2 aromatic rings. The minimum atomic E-state index is -0.456. The normalized spacial score (nSPS) is 15.3. The first kappa shape index (κ1) is 11.0. The number of para-hydroxylation sites is 1. The smallest absolute Gasteiger partial charge is 0.252 e. The van der Waals surface area contributed by atoms with Gasteiger partial charge in [-0.15, -0.1) is 0 Å². The number of hydrogen-bond donors (Lipinski definition) is 3. The number of benzene rings is 1. The summed E-state index contributed by atoms with van der Waals surface area (Å²) in [6.45, 7) is 1.76. The molecule has 5 nitrogen and oxygen atoms in total. The summed E-state index contributed by atoms with van der Waals surface area (Å²) in [5.41, 5.74) is 6.71. The second kappa shape index (κ2) is 4.27. The third kappa shape index (κ3) is 1.89. The zero-order valence-electron chi connectivity index (χ0n) is 9.81. The summed E-state index contributed by atoms with van der Waals surface area (Å²) >= 11 is 0. The van der Waals surface area contributed by atoms with Crippen LogP contribution in [0.1, 0.15) is 10.4 Å². The van der Waals surface area contributed by atoms with E-state index in [9.17, 15) is 4.79 Å². The van der Waals surface area contributed by atoms with Crippen LogP contribution in [0.2, 0.25) is 0 Å². The maximum absolute atomic E-state index is 11.5. The van der Waals surface area contributed by atoms with Gasteiger partial charge in [-0.05, 0) is 12.1 Å². The average Bonchev–Trinajstić information content (AvgIpc) is 2.32. The van der Waals surface area contributed by atoms with Gasteiger partial charge in [0.15, 0.2) is 0 Å². The van der Waals surface area contributed by atoms with Crippen LogP contribution in [0.5, 0.6) is 0 Å². The molecule has 0 unspecified atom stereocenters. The molecule has 1 amide bonds. The van der Waals surface area contributed by atoms with Gasteiger partial charge in [-0.2, -0.15) is 0 Å². The van der Waals surface area contributed by atoms with Gasteiger partial charge in [0.1, 0.15) is 5.82 Å². The zero-order chi connectivity index (χ0) is 12.5. The Bertz CT molecular complexity index is 607. The Balaban J connectivity index is 2.07. The lowest BCUT2D eigenvalue weighted by molar-refractivity contribution is 0.100. The molecule has 1 fully saturated rings. The average molecular weight is 242 g/mol. The van der Waals surface area contributed by atoms with Gasteiger partial charge in [0.25, 0.3) is 5.91 Å². The van der Waals surface area contributed by atoms with E-state index in [2.05, 4.69) is 15.6 Å². The fourth-order valence-corrected chi connectivity index (χ4v) is 2.00. The predicted octanol–water partition coefficient (Wildman–Crippen LogP) is 0.717. The summed E-state index contributed by atoms with van der Waals surface area (Å²) < 4.78 is 0. The maximum atomic E-state index is 11.5. The van der Waals surface area contributed by atoms with Crippen molar-refractivity contribution in [1.29, 1.82) is 0 Å². The highest BCUT2D eigenvalue weighted by Gasteiger charge is 2.20. The van der Waals surface area contributed by atoms with E-state index in [0.29, 0.717) is 17.4 Å². The highest BCUT2D eigenvalue weighted by molar-refractivity contribution is 6.01. The number of pyridine rings is 1. The molecule has 0 spiro atoms. The Morgan fingerprint density at radius 2 is 2.17 bits per heavy atom. The van der Waals surface area contributed by atoms with Gasteiger partial charge in [-0.25, -0.2) is 4.98 Å². The Morgan fingerprint density at radius 3 is 2.83 bits per heavy atom. The van der Waals surface area contributed by atoms with Crippen LogP contribution in [0.4, 0.5) is 5.82 Å². The molecule has 0 bridgehead atoms. The number of carbonyl (C=O) groups is 1. The van der Waals surface area contributed by atoms with Crippen molar-refractivity contribution in [1.82, 2.24) is 10.3 Å². The number of amides is 1. The molecule has 1 aliphatic heterocycles. The molecular weight excluding hydrogens is 228 g/mol. The van der Waals surface area contributed by atoms with Gasteiger partial charge in [0.05, 0.1) is 17.1 Å². The number of anilines is 1. The molecule has 2 heterocycles. The number of primary amides is 1. The highest BCUT2D eigenvalue weighted by atomic mass is 16.1. The minimum Gasteiger partial charge on any atom is -0.365 e. The summed E-state index contributed by atoms with van der Waals surface area (Å²) in [6, 6.07) is 9.79. The van der Waals surface area contributed by atoms with Crippen molar-refractivity contribution >= 4 is 22.6 Å². The molecule has 1 aromatic heterocycles. The molecule has 0 radical (unpaired) electrons. The lowest BCUT2D eigenvalue weighted by Gasteiger charge is -2.29. The number of rotatable bonds is 3. The van der Waals surface area contributed by atoms with Crippen molar-refractivity contribution in [3.8, 4) is 0 Å². The fraction of sp³-hybridized carbons (Fsp3) is 0.231. The molecule has 1 saturated heterocycles. The SMILES string of the molecule is NC(=O)c1cc2ccccc2nc1NC1CNC1. The van der Waals surface area contributed by atoms with Gasteiger partial charge in [0.2, 0.25) is 0 Å². The van der Waals surface area contributed by atoms with E-state index in [1.165, 1.54) is 0 Å². The largest absolute Gasteiger partial charge is 0.365 e. The molecule has 1 aromatic carbocycles. The number of nitrogens with two attached hydrogens (primary N) is 1. The van der Waals surface area contributed by atoms with Crippen LogP contribution in [0.15, 0.2) is 30.3 Å². The Labute approximate surface area is 104 Å². The van der Waals surface area contributed by atoms with Crippen molar-refractivity contribution in [2.24, 2.45) is 5.73 Å². The second-order valence-electron chi connectivity index (χ2n) is 4.44. The summed E-state index contributed by atoms with van der Waals surface area (Å²) in [4.78, 5) is 16.0. The third-order valence-electron chi connectivity index (χ3n) is 3.11. The highest BCUT2D eigenvalue weighted by Crippen LogP contribution is 2.21. The predicted molar refractivity (Wildman–Crippen MR) is 70.5 cm³/mol. The molecule has 1 aliphatic rings. The maximum Gasteiger partial charge on any atom is 0.252 e. The van der Waals surface area contributed by atoms with Crippen molar-refractivity contribution < 1.29 is 4.79 Å². The van der Waals surface area contributed by atoms with Crippen LogP contribution in [0.25, 0.3) is 10.9 Å². The van der Waals surface area contributed by atoms with Gasteiger partial charge >= 0.3 is 0 Å². The van der Waals surface area contributed by atoms with Crippen LogP contribution in [0, 0.1) is 0 Å². The summed E-state index contributed by atoms with van der Waals surface area (Å²) in [6.07, 6.45) is 0. The monoisotopic (exact) mass is 242 g/mol. The lowest BCUT2D eigenvalue weighted by atomic mass is 10.1. The Hall–Kier alpha value is -2.14. The Kier molecular flexibility index (Phi) is 2.60. The first-order valence-corrected chi connectivity index (χ1v) is 5.91. The molecule has 0 atom stereocenters. The van der Waals surface area contributed by atoms with E-state index < -0.39 is 5.91 Å². The molecule has 3 rings (SSSR count). The lowest BCUT2D eigenvalue weighted by Crippen LogP contribution is -2.51. The Morgan fingerprint density at radius 1 is 1.39 bits per heavy atom. The van der Waals surface area contributed by atoms with Gasteiger partial charge in [-0.1, -0.05) is 18.2 Å². The van der Waals surface area contributed by atoms with Crippen molar-refractivity contribution in [3.63, 3.8) is 0 Å². The molecule has 0 aliphatic carbocycles. The van der Waals surface area contributed by atoms with Gasteiger partial charge in [-0.3, -0.25) is 4.79 Å². The van der Waals surface area contributed by atoms with Gasteiger partial charge < -0.3 is 16.4 Å². The van der Waals surface area contributed by atoms with Crippen LogP contribution in [-0.4, -0.2) is 30.0 Å². The van der Waals surface area contributed by atoms with E-state index in [0.717, 1.165) is 24.0 Å².